The van der Waals surface area contributed by atoms with Crippen LogP contribution in [0.3, 0.4) is 0 Å². The molecule has 0 fully saturated rings. The van der Waals surface area contributed by atoms with Crippen molar-refractivity contribution in [3.05, 3.63) is 53.1 Å². The fourth-order valence-corrected chi connectivity index (χ4v) is 2.36. The largest absolute Gasteiger partial charge is 0.490 e. The Morgan fingerprint density at radius 2 is 2.00 bits per heavy atom. The topological polar surface area (TPSA) is 41.6 Å². The molecule has 1 aliphatic rings. The molecule has 2 aromatic rings. The molecule has 1 heterocycles. The normalized spacial score (nSPS) is 13.3. The smallest absolute Gasteiger partial charge is 0.255 e. The minimum atomic E-state index is -0.161. The Labute approximate surface area is 128 Å². The number of ether oxygens (including phenoxy) is 1. The molecule has 108 valence electrons. The maximum absolute atomic E-state index is 12.2. The predicted octanol–water partition coefficient (Wildman–Crippen LogP) is 3.42. The lowest BCUT2D eigenvalue weighted by molar-refractivity contribution is 0.102. The lowest BCUT2D eigenvalue weighted by Gasteiger charge is -2.28. The summed E-state index contributed by atoms with van der Waals surface area (Å²) in [5, 5.41) is 3.49. The average Bonchev–Trinajstić information content (AvgIpc) is 2.49. The highest BCUT2D eigenvalue weighted by Crippen LogP contribution is 2.33. The van der Waals surface area contributed by atoms with Gasteiger partial charge in [0, 0.05) is 23.3 Å². The van der Waals surface area contributed by atoms with Gasteiger partial charge in [-0.15, -0.1) is 0 Å². The van der Waals surface area contributed by atoms with E-state index in [-0.39, 0.29) is 5.91 Å². The summed E-state index contributed by atoms with van der Waals surface area (Å²) in [4.78, 5) is 14.3. The standard InChI is InChI=1S/C16H15ClN2O2/c1-19-8-9-21-15-7-6-13(10-14(15)19)18-16(20)11-2-4-12(17)5-3-11/h2-7,10H,8-9H2,1H3,(H,18,20). The van der Waals surface area contributed by atoms with E-state index in [4.69, 9.17) is 16.3 Å². The number of benzene rings is 2. The highest BCUT2D eigenvalue weighted by Gasteiger charge is 2.16. The molecule has 1 amide bonds. The van der Waals surface area contributed by atoms with Gasteiger partial charge in [-0.25, -0.2) is 0 Å². The van der Waals surface area contributed by atoms with E-state index in [0.717, 1.165) is 23.7 Å². The Morgan fingerprint density at radius 3 is 2.76 bits per heavy atom. The second kappa shape index (κ2) is 5.66. The number of nitrogens with zero attached hydrogens (tertiary/aromatic N) is 1. The molecular formula is C16H15ClN2O2. The summed E-state index contributed by atoms with van der Waals surface area (Å²) in [5.41, 5.74) is 2.29. The van der Waals surface area contributed by atoms with Crippen LogP contribution in [-0.4, -0.2) is 26.1 Å². The minimum absolute atomic E-state index is 0.161. The van der Waals surface area contributed by atoms with Crippen LogP contribution in [-0.2, 0) is 0 Å². The first-order chi connectivity index (χ1) is 10.1. The summed E-state index contributed by atoms with van der Waals surface area (Å²) in [7, 11) is 2.01. The van der Waals surface area contributed by atoms with E-state index in [2.05, 4.69) is 10.2 Å². The van der Waals surface area contributed by atoms with Crippen molar-refractivity contribution in [3.63, 3.8) is 0 Å². The summed E-state index contributed by atoms with van der Waals surface area (Å²) in [6, 6.07) is 12.4. The number of amides is 1. The molecule has 0 unspecified atom stereocenters. The number of fused-ring (bicyclic) bond motifs is 1. The lowest BCUT2D eigenvalue weighted by Crippen LogP contribution is -2.28. The fraction of sp³-hybridized carbons (Fsp3) is 0.188. The zero-order valence-corrected chi connectivity index (χ0v) is 12.4. The number of likely N-dealkylation sites (N-methyl/N-ethyl adjacent to an activating group) is 1. The highest BCUT2D eigenvalue weighted by atomic mass is 35.5. The Hall–Kier alpha value is -2.20. The van der Waals surface area contributed by atoms with E-state index >= 15 is 0 Å². The van der Waals surface area contributed by atoms with Gasteiger partial charge < -0.3 is 15.0 Å². The van der Waals surface area contributed by atoms with E-state index < -0.39 is 0 Å². The van der Waals surface area contributed by atoms with Gasteiger partial charge in [-0.2, -0.15) is 0 Å². The maximum atomic E-state index is 12.2. The van der Waals surface area contributed by atoms with Gasteiger partial charge in [0.05, 0.1) is 12.2 Å². The molecule has 21 heavy (non-hydrogen) atoms. The number of hydrogen-bond donors (Lipinski definition) is 1. The van der Waals surface area contributed by atoms with Gasteiger partial charge in [-0.3, -0.25) is 4.79 Å². The molecule has 0 spiro atoms. The number of anilines is 2. The minimum Gasteiger partial charge on any atom is -0.490 e. The molecule has 3 rings (SSSR count). The van der Waals surface area contributed by atoms with Crippen molar-refractivity contribution >= 4 is 28.9 Å². The molecule has 0 bridgehead atoms. The van der Waals surface area contributed by atoms with Crippen LogP contribution in [0, 0.1) is 0 Å². The van der Waals surface area contributed by atoms with E-state index in [0.29, 0.717) is 17.2 Å². The zero-order chi connectivity index (χ0) is 14.8. The first-order valence-corrected chi connectivity index (χ1v) is 7.06. The Bertz CT molecular complexity index is 670. The van der Waals surface area contributed by atoms with Gasteiger partial charge in [0.25, 0.3) is 5.91 Å². The second-order valence-corrected chi connectivity index (χ2v) is 5.35. The molecule has 2 aromatic carbocycles. The van der Waals surface area contributed by atoms with Gasteiger partial charge in [-0.1, -0.05) is 11.6 Å². The van der Waals surface area contributed by atoms with Crippen molar-refractivity contribution in [2.45, 2.75) is 0 Å². The van der Waals surface area contributed by atoms with Crippen molar-refractivity contribution in [2.24, 2.45) is 0 Å². The molecule has 0 atom stereocenters. The van der Waals surface area contributed by atoms with Crippen molar-refractivity contribution in [2.75, 3.05) is 30.4 Å². The molecule has 0 radical (unpaired) electrons. The predicted molar refractivity (Wildman–Crippen MR) is 84.6 cm³/mol. The summed E-state index contributed by atoms with van der Waals surface area (Å²) >= 11 is 5.82. The van der Waals surface area contributed by atoms with Crippen LogP contribution < -0.4 is 15.0 Å². The molecular weight excluding hydrogens is 288 g/mol. The molecule has 0 saturated heterocycles. The lowest BCUT2D eigenvalue weighted by atomic mass is 10.2. The van der Waals surface area contributed by atoms with Gasteiger partial charge in [0.1, 0.15) is 12.4 Å². The highest BCUT2D eigenvalue weighted by molar-refractivity contribution is 6.30. The van der Waals surface area contributed by atoms with Crippen LogP contribution in [0.5, 0.6) is 5.75 Å². The summed E-state index contributed by atoms with van der Waals surface area (Å²) in [5.74, 6) is 0.680. The number of carbonyl (C=O) groups excluding carboxylic acids is 1. The van der Waals surface area contributed by atoms with Gasteiger partial charge in [-0.05, 0) is 42.5 Å². The second-order valence-electron chi connectivity index (χ2n) is 4.91. The van der Waals surface area contributed by atoms with Crippen LogP contribution in [0.15, 0.2) is 42.5 Å². The van der Waals surface area contributed by atoms with E-state index in [1.54, 1.807) is 24.3 Å². The number of halogens is 1. The third-order valence-corrected chi connectivity index (χ3v) is 3.67. The Morgan fingerprint density at radius 1 is 1.24 bits per heavy atom. The van der Waals surface area contributed by atoms with Crippen LogP contribution in [0.2, 0.25) is 5.02 Å². The van der Waals surface area contributed by atoms with Crippen molar-refractivity contribution in [1.29, 1.82) is 0 Å². The molecule has 1 N–H and O–H groups in total. The van der Waals surface area contributed by atoms with Crippen molar-refractivity contribution < 1.29 is 9.53 Å². The van der Waals surface area contributed by atoms with E-state index in [9.17, 15) is 4.79 Å². The first-order valence-electron chi connectivity index (χ1n) is 6.68. The average molecular weight is 303 g/mol. The number of carbonyl (C=O) groups is 1. The number of nitrogens with one attached hydrogen (secondary N) is 1. The first kappa shape index (κ1) is 13.8. The number of hydrogen-bond acceptors (Lipinski definition) is 3. The quantitative estimate of drug-likeness (QED) is 0.924. The third kappa shape index (κ3) is 2.95. The zero-order valence-electron chi connectivity index (χ0n) is 11.6. The van der Waals surface area contributed by atoms with Crippen molar-refractivity contribution in [3.8, 4) is 5.75 Å². The number of rotatable bonds is 2. The van der Waals surface area contributed by atoms with E-state index in [1.165, 1.54) is 0 Å². The Kier molecular flexibility index (Phi) is 3.71. The summed E-state index contributed by atoms with van der Waals surface area (Å²) in [6.07, 6.45) is 0. The summed E-state index contributed by atoms with van der Waals surface area (Å²) < 4.78 is 5.58. The molecule has 5 heteroatoms. The van der Waals surface area contributed by atoms with Crippen LogP contribution in [0.4, 0.5) is 11.4 Å². The molecule has 0 aliphatic carbocycles. The van der Waals surface area contributed by atoms with Gasteiger partial charge >= 0.3 is 0 Å². The van der Waals surface area contributed by atoms with Crippen LogP contribution in [0.1, 0.15) is 10.4 Å². The van der Waals surface area contributed by atoms with Crippen molar-refractivity contribution in [1.82, 2.24) is 0 Å². The maximum Gasteiger partial charge on any atom is 0.255 e. The van der Waals surface area contributed by atoms with Gasteiger partial charge in [0.2, 0.25) is 0 Å². The molecule has 0 aromatic heterocycles. The van der Waals surface area contributed by atoms with Crippen LogP contribution >= 0.6 is 11.6 Å². The van der Waals surface area contributed by atoms with Gasteiger partial charge in [0.15, 0.2) is 0 Å². The third-order valence-electron chi connectivity index (χ3n) is 3.42. The monoisotopic (exact) mass is 302 g/mol. The Balaban J connectivity index is 1.80. The van der Waals surface area contributed by atoms with E-state index in [1.807, 2.05) is 25.2 Å². The molecule has 0 saturated carbocycles. The van der Waals surface area contributed by atoms with Crippen LogP contribution in [0.25, 0.3) is 0 Å². The SMILES string of the molecule is CN1CCOc2ccc(NC(=O)c3ccc(Cl)cc3)cc21. The molecule has 4 nitrogen and oxygen atoms in total. The fourth-order valence-electron chi connectivity index (χ4n) is 2.23. The summed E-state index contributed by atoms with van der Waals surface area (Å²) in [6.45, 7) is 1.52. The molecule has 1 aliphatic heterocycles.